The van der Waals surface area contributed by atoms with E-state index in [0.29, 0.717) is 25.8 Å². The maximum atomic E-state index is 5.82. The molecule has 0 aromatic carbocycles. The van der Waals surface area contributed by atoms with Gasteiger partial charge in [0, 0.05) is 26.3 Å². The van der Waals surface area contributed by atoms with Crippen LogP contribution in [0.3, 0.4) is 0 Å². The molecule has 92 valence electrons. The van der Waals surface area contributed by atoms with Crippen molar-refractivity contribution in [2.45, 2.75) is 32.4 Å². The van der Waals surface area contributed by atoms with E-state index >= 15 is 0 Å². The van der Waals surface area contributed by atoms with Crippen LogP contribution >= 0.6 is 0 Å². The molecule has 4 nitrogen and oxygen atoms in total. The third kappa shape index (κ3) is 4.47. The summed E-state index contributed by atoms with van der Waals surface area (Å²) < 4.78 is 10.6. The number of hydrogen-bond acceptors (Lipinski definition) is 4. The van der Waals surface area contributed by atoms with Gasteiger partial charge in [0.1, 0.15) is 0 Å². The first kappa shape index (κ1) is 14.8. The number of nitrogens with zero attached hydrogens (tertiary/aromatic N) is 1. The summed E-state index contributed by atoms with van der Waals surface area (Å²) in [5.74, 6) is 0. The summed E-state index contributed by atoms with van der Waals surface area (Å²) in [5, 5.41) is 0. The van der Waals surface area contributed by atoms with Crippen molar-refractivity contribution in [3.05, 3.63) is 0 Å². The number of methoxy groups -OCH3 is 1. The van der Waals surface area contributed by atoms with E-state index in [-0.39, 0.29) is 5.54 Å². The van der Waals surface area contributed by atoms with Crippen molar-refractivity contribution < 1.29 is 9.47 Å². The minimum Gasteiger partial charge on any atom is -0.383 e. The molecule has 0 amide bonds. The molecule has 0 saturated carbocycles. The van der Waals surface area contributed by atoms with Gasteiger partial charge in [0.25, 0.3) is 0 Å². The van der Waals surface area contributed by atoms with Crippen LogP contribution in [0.5, 0.6) is 0 Å². The van der Waals surface area contributed by atoms with Crippen molar-refractivity contribution in [1.29, 1.82) is 0 Å². The van der Waals surface area contributed by atoms with Crippen LogP contribution < -0.4 is 5.73 Å². The van der Waals surface area contributed by atoms with Gasteiger partial charge in [-0.05, 0) is 27.8 Å². The van der Waals surface area contributed by atoms with Crippen LogP contribution in [0.2, 0.25) is 0 Å². The van der Waals surface area contributed by atoms with Crippen LogP contribution in [0.15, 0.2) is 0 Å². The Labute approximate surface area is 93.7 Å². The lowest BCUT2D eigenvalue weighted by atomic mass is 10.00. The molecule has 0 bridgehead atoms. The third-order valence-electron chi connectivity index (χ3n) is 2.98. The average Bonchev–Trinajstić information content (AvgIpc) is 2.25. The lowest BCUT2D eigenvalue weighted by Crippen LogP contribution is -2.57. The van der Waals surface area contributed by atoms with Gasteiger partial charge in [-0.1, -0.05) is 0 Å². The molecule has 0 spiro atoms. The number of rotatable bonds is 8. The standard InChI is InChI=1S/C11H26N2O2/c1-6-15-9-11(3,8-12)13(4)10(2)7-14-5/h10H,6-9,12H2,1-5H3. The minimum absolute atomic E-state index is 0.117. The lowest BCUT2D eigenvalue weighted by molar-refractivity contribution is -0.0116. The van der Waals surface area contributed by atoms with Gasteiger partial charge >= 0.3 is 0 Å². The van der Waals surface area contributed by atoms with Crippen LogP contribution in [-0.4, -0.2) is 57.0 Å². The van der Waals surface area contributed by atoms with Crippen molar-refractivity contribution in [2.75, 3.05) is 40.5 Å². The van der Waals surface area contributed by atoms with Gasteiger partial charge in [-0.15, -0.1) is 0 Å². The zero-order valence-electron chi connectivity index (χ0n) is 10.7. The molecule has 0 aromatic rings. The fraction of sp³-hybridized carbons (Fsp3) is 1.00. The van der Waals surface area contributed by atoms with Crippen molar-refractivity contribution in [2.24, 2.45) is 5.73 Å². The summed E-state index contributed by atoms with van der Waals surface area (Å²) in [6, 6.07) is 0.337. The second-order valence-corrected chi connectivity index (χ2v) is 4.25. The second kappa shape index (κ2) is 7.17. The first-order chi connectivity index (χ1) is 7.01. The van der Waals surface area contributed by atoms with Crippen molar-refractivity contribution in [3.63, 3.8) is 0 Å². The monoisotopic (exact) mass is 218 g/mol. The summed E-state index contributed by atoms with van der Waals surface area (Å²) in [4.78, 5) is 2.23. The number of likely N-dealkylation sites (N-methyl/N-ethyl adjacent to an activating group) is 1. The molecule has 4 heteroatoms. The predicted molar refractivity (Wildman–Crippen MR) is 63.1 cm³/mol. The van der Waals surface area contributed by atoms with Crippen LogP contribution in [0, 0.1) is 0 Å². The van der Waals surface area contributed by atoms with Crippen LogP contribution in [0.4, 0.5) is 0 Å². The van der Waals surface area contributed by atoms with Gasteiger partial charge in [-0.3, -0.25) is 4.90 Å². The Morgan fingerprint density at radius 3 is 2.47 bits per heavy atom. The van der Waals surface area contributed by atoms with Gasteiger partial charge in [0.15, 0.2) is 0 Å². The van der Waals surface area contributed by atoms with Gasteiger partial charge in [0.2, 0.25) is 0 Å². The maximum Gasteiger partial charge on any atom is 0.0659 e. The van der Waals surface area contributed by atoms with Crippen LogP contribution in [0.25, 0.3) is 0 Å². The molecular formula is C11H26N2O2. The van der Waals surface area contributed by atoms with E-state index in [1.165, 1.54) is 0 Å². The summed E-state index contributed by atoms with van der Waals surface area (Å²) in [6.45, 7) is 8.91. The number of hydrogen-bond donors (Lipinski definition) is 1. The molecule has 0 radical (unpaired) electrons. The summed E-state index contributed by atoms with van der Waals surface area (Å²) >= 11 is 0. The summed E-state index contributed by atoms with van der Waals surface area (Å²) in [5.41, 5.74) is 5.70. The predicted octanol–water partition coefficient (Wildman–Crippen LogP) is 0.707. The molecule has 0 aliphatic heterocycles. The molecule has 0 rings (SSSR count). The Morgan fingerprint density at radius 1 is 1.47 bits per heavy atom. The Kier molecular flexibility index (Phi) is 7.09. The van der Waals surface area contributed by atoms with Gasteiger partial charge < -0.3 is 15.2 Å². The summed E-state index contributed by atoms with van der Waals surface area (Å²) in [7, 11) is 3.78. The first-order valence-corrected chi connectivity index (χ1v) is 5.51. The molecule has 0 saturated heterocycles. The van der Waals surface area contributed by atoms with E-state index in [0.717, 1.165) is 6.61 Å². The van der Waals surface area contributed by atoms with Crippen molar-refractivity contribution >= 4 is 0 Å². The van der Waals surface area contributed by atoms with E-state index in [1.54, 1.807) is 7.11 Å². The van der Waals surface area contributed by atoms with Gasteiger partial charge in [0.05, 0.1) is 18.8 Å². The highest BCUT2D eigenvalue weighted by atomic mass is 16.5. The molecule has 0 heterocycles. The normalized spacial score (nSPS) is 17.8. The Balaban J connectivity index is 4.34. The molecule has 0 aliphatic rings. The molecule has 0 aliphatic carbocycles. The largest absolute Gasteiger partial charge is 0.383 e. The van der Waals surface area contributed by atoms with Gasteiger partial charge in [-0.25, -0.2) is 0 Å². The Bertz CT molecular complexity index is 167. The van der Waals surface area contributed by atoms with E-state index < -0.39 is 0 Å². The first-order valence-electron chi connectivity index (χ1n) is 5.51. The van der Waals surface area contributed by atoms with Crippen LogP contribution in [-0.2, 0) is 9.47 Å². The molecule has 2 atom stereocenters. The summed E-state index contributed by atoms with van der Waals surface area (Å²) in [6.07, 6.45) is 0. The quantitative estimate of drug-likeness (QED) is 0.652. The average molecular weight is 218 g/mol. The smallest absolute Gasteiger partial charge is 0.0659 e. The maximum absolute atomic E-state index is 5.82. The second-order valence-electron chi connectivity index (χ2n) is 4.25. The molecule has 2 N–H and O–H groups in total. The van der Waals surface area contributed by atoms with E-state index in [2.05, 4.69) is 25.8 Å². The number of nitrogens with two attached hydrogens (primary N) is 1. The van der Waals surface area contributed by atoms with E-state index in [9.17, 15) is 0 Å². The fourth-order valence-electron chi connectivity index (χ4n) is 1.51. The molecule has 15 heavy (non-hydrogen) atoms. The highest BCUT2D eigenvalue weighted by molar-refractivity contribution is 4.88. The zero-order valence-corrected chi connectivity index (χ0v) is 10.7. The van der Waals surface area contributed by atoms with E-state index in [1.807, 2.05) is 6.92 Å². The fourth-order valence-corrected chi connectivity index (χ4v) is 1.51. The molecule has 2 unspecified atom stereocenters. The Morgan fingerprint density at radius 2 is 2.07 bits per heavy atom. The SMILES string of the molecule is CCOCC(C)(CN)N(C)C(C)COC. The molecular weight excluding hydrogens is 192 g/mol. The van der Waals surface area contributed by atoms with Gasteiger partial charge in [-0.2, -0.15) is 0 Å². The van der Waals surface area contributed by atoms with Crippen molar-refractivity contribution in [3.8, 4) is 0 Å². The van der Waals surface area contributed by atoms with Crippen molar-refractivity contribution in [1.82, 2.24) is 4.90 Å². The molecule has 0 aromatic heterocycles. The lowest BCUT2D eigenvalue weighted by Gasteiger charge is -2.41. The highest BCUT2D eigenvalue weighted by Gasteiger charge is 2.31. The minimum atomic E-state index is -0.117. The zero-order chi connectivity index (χ0) is 11.9. The highest BCUT2D eigenvalue weighted by Crippen LogP contribution is 2.15. The molecule has 0 fully saturated rings. The Hall–Kier alpha value is -0.160. The third-order valence-corrected chi connectivity index (χ3v) is 2.98. The van der Waals surface area contributed by atoms with E-state index in [4.69, 9.17) is 15.2 Å². The number of ether oxygens (including phenoxy) is 2. The van der Waals surface area contributed by atoms with Crippen LogP contribution in [0.1, 0.15) is 20.8 Å². The topological polar surface area (TPSA) is 47.7 Å².